The number of benzene rings is 1. The van der Waals surface area contributed by atoms with Crippen LogP contribution in [0, 0.1) is 28.5 Å². The molecule has 0 amide bonds. The van der Waals surface area contributed by atoms with Crippen molar-refractivity contribution in [3.05, 3.63) is 44.8 Å². The van der Waals surface area contributed by atoms with E-state index >= 15 is 0 Å². The van der Waals surface area contributed by atoms with Gasteiger partial charge in [-0.2, -0.15) is 10.5 Å². The van der Waals surface area contributed by atoms with Crippen molar-refractivity contribution in [2.45, 2.75) is 0 Å². The molecule has 8 heteroatoms. The van der Waals surface area contributed by atoms with E-state index in [1.54, 1.807) is 12.1 Å². The van der Waals surface area contributed by atoms with Crippen LogP contribution in [0.4, 0.5) is 4.39 Å². The fraction of sp³-hybridized carbons (Fsp3) is 0.154. The smallest absolute Gasteiger partial charge is 0.334 e. The number of methoxy groups -OCH3 is 1. The van der Waals surface area contributed by atoms with Crippen molar-refractivity contribution in [1.29, 1.82) is 10.5 Å². The monoisotopic (exact) mass is 306 g/mol. The minimum atomic E-state index is -0.811. The van der Waals surface area contributed by atoms with Gasteiger partial charge in [0.05, 0.1) is 17.8 Å². The second-order valence-corrected chi connectivity index (χ2v) is 4.44. The summed E-state index contributed by atoms with van der Waals surface area (Å²) in [4.78, 5) is 12.1. The summed E-state index contributed by atoms with van der Waals surface area (Å²) in [6.07, 6.45) is 0. The Morgan fingerprint density at radius 2 is 1.90 bits per heavy atom. The molecule has 0 saturated heterocycles. The molecular weight excluding hydrogens is 299 g/mol. The molecule has 0 atom stereocenters. The third-order valence-electron chi connectivity index (χ3n) is 2.94. The zero-order chi connectivity index (χ0) is 15.7. The molecule has 1 heterocycles. The number of halogens is 2. The predicted octanol–water partition coefficient (Wildman–Crippen LogP) is 1.72. The van der Waals surface area contributed by atoms with Crippen LogP contribution in [0.2, 0.25) is 5.02 Å². The van der Waals surface area contributed by atoms with Gasteiger partial charge in [-0.25, -0.2) is 13.8 Å². The van der Waals surface area contributed by atoms with Crippen molar-refractivity contribution in [2.24, 2.45) is 7.05 Å². The van der Waals surface area contributed by atoms with E-state index in [0.29, 0.717) is 0 Å². The highest BCUT2D eigenvalue weighted by molar-refractivity contribution is 6.32. The second kappa shape index (κ2) is 5.31. The van der Waals surface area contributed by atoms with Crippen LogP contribution < -0.4 is 10.4 Å². The first-order chi connectivity index (χ1) is 9.96. The first kappa shape index (κ1) is 14.6. The summed E-state index contributed by atoms with van der Waals surface area (Å²) >= 11 is 5.79. The minimum Gasteiger partial charge on any atom is -0.495 e. The summed E-state index contributed by atoms with van der Waals surface area (Å²) in [6.45, 7) is 0. The summed E-state index contributed by atoms with van der Waals surface area (Å²) in [5.41, 5.74) is -1.34. The molecule has 2 aromatic rings. The molecule has 2 rings (SSSR count). The highest BCUT2D eigenvalue weighted by Gasteiger charge is 2.22. The van der Waals surface area contributed by atoms with Gasteiger partial charge in [0.1, 0.15) is 23.7 Å². The Morgan fingerprint density at radius 3 is 2.43 bits per heavy atom. The Kier molecular flexibility index (Phi) is 3.70. The number of aromatic nitrogens is 2. The standard InChI is InChI=1S/C13H8ClFN4O2/c1-18-10(5-16)11(6-17)19(13(18)20)9-4-12(21-2)7(14)3-8(9)15/h3-4H,1-2H3. The maximum atomic E-state index is 14.1. The van der Waals surface area contributed by atoms with Gasteiger partial charge in [-0.3, -0.25) is 4.57 Å². The molecule has 0 fully saturated rings. The van der Waals surface area contributed by atoms with Crippen LogP contribution in [0.15, 0.2) is 16.9 Å². The lowest BCUT2D eigenvalue weighted by molar-refractivity contribution is 0.413. The van der Waals surface area contributed by atoms with Gasteiger partial charge in [-0.05, 0) is 6.07 Å². The molecule has 0 unspecified atom stereocenters. The topological polar surface area (TPSA) is 83.7 Å². The van der Waals surface area contributed by atoms with Crippen molar-refractivity contribution in [2.75, 3.05) is 7.11 Å². The van der Waals surface area contributed by atoms with E-state index in [2.05, 4.69) is 0 Å². The fourth-order valence-corrected chi connectivity index (χ4v) is 2.13. The fourth-order valence-electron chi connectivity index (χ4n) is 1.91. The van der Waals surface area contributed by atoms with Crippen LogP contribution in [0.5, 0.6) is 5.75 Å². The van der Waals surface area contributed by atoms with Crippen molar-refractivity contribution in [3.8, 4) is 23.6 Å². The van der Waals surface area contributed by atoms with Gasteiger partial charge in [0.2, 0.25) is 0 Å². The zero-order valence-electron chi connectivity index (χ0n) is 11.0. The lowest BCUT2D eigenvalue weighted by Gasteiger charge is -2.09. The van der Waals surface area contributed by atoms with Gasteiger partial charge < -0.3 is 4.74 Å². The number of nitriles is 2. The molecule has 6 nitrogen and oxygen atoms in total. The normalized spacial score (nSPS) is 10.0. The van der Waals surface area contributed by atoms with Gasteiger partial charge in [0.15, 0.2) is 11.4 Å². The maximum Gasteiger partial charge on any atom is 0.334 e. The van der Waals surface area contributed by atoms with Crippen LogP contribution in [0.1, 0.15) is 11.4 Å². The van der Waals surface area contributed by atoms with E-state index in [4.69, 9.17) is 26.9 Å². The van der Waals surface area contributed by atoms with Crippen LogP contribution >= 0.6 is 11.6 Å². The first-order valence-electron chi connectivity index (χ1n) is 5.61. The van der Waals surface area contributed by atoms with Gasteiger partial charge >= 0.3 is 5.69 Å². The largest absolute Gasteiger partial charge is 0.495 e. The summed E-state index contributed by atoms with van der Waals surface area (Å²) in [7, 11) is 2.66. The number of nitrogens with zero attached hydrogens (tertiary/aromatic N) is 4. The molecule has 0 aliphatic rings. The maximum absolute atomic E-state index is 14.1. The molecule has 1 aromatic heterocycles. The Hall–Kier alpha value is -2.77. The van der Waals surface area contributed by atoms with Crippen LogP contribution in [-0.4, -0.2) is 16.2 Å². The number of hydrogen-bond donors (Lipinski definition) is 0. The first-order valence-corrected chi connectivity index (χ1v) is 5.99. The molecule has 0 saturated carbocycles. The molecule has 0 radical (unpaired) electrons. The summed E-state index contributed by atoms with van der Waals surface area (Å²) < 4.78 is 20.8. The number of ether oxygens (including phenoxy) is 1. The Balaban J connectivity index is 2.90. The van der Waals surface area contributed by atoms with Gasteiger partial charge in [-0.1, -0.05) is 11.6 Å². The molecule has 0 N–H and O–H groups in total. The van der Waals surface area contributed by atoms with E-state index in [0.717, 1.165) is 15.2 Å². The van der Waals surface area contributed by atoms with Gasteiger partial charge in [-0.15, -0.1) is 0 Å². The molecule has 0 aliphatic carbocycles. The summed E-state index contributed by atoms with van der Waals surface area (Å²) in [6, 6.07) is 5.65. The molecule has 106 valence electrons. The minimum absolute atomic E-state index is 0.0294. The Bertz CT molecular complexity index is 870. The SMILES string of the molecule is COc1cc(-n2c(C#N)c(C#N)n(C)c2=O)c(F)cc1Cl. The number of hydrogen-bond acceptors (Lipinski definition) is 4. The van der Waals surface area contributed by atoms with Crippen molar-refractivity contribution >= 4 is 11.6 Å². The van der Waals surface area contributed by atoms with E-state index in [-0.39, 0.29) is 27.8 Å². The molecular formula is C13H8ClFN4O2. The van der Waals surface area contributed by atoms with E-state index in [9.17, 15) is 9.18 Å². The van der Waals surface area contributed by atoms with E-state index in [1.165, 1.54) is 20.2 Å². The summed E-state index contributed by atoms with van der Waals surface area (Å²) in [5, 5.41) is 18.2. The average molecular weight is 307 g/mol. The van der Waals surface area contributed by atoms with Gasteiger partial charge in [0.25, 0.3) is 0 Å². The Morgan fingerprint density at radius 1 is 1.29 bits per heavy atom. The second-order valence-electron chi connectivity index (χ2n) is 4.04. The lowest BCUT2D eigenvalue weighted by Crippen LogP contribution is -2.22. The predicted molar refractivity (Wildman–Crippen MR) is 72.0 cm³/mol. The summed E-state index contributed by atoms with van der Waals surface area (Å²) in [5.74, 6) is -0.666. The zero-order valence-corrected chi connectivity index (χ0v) is 11.8. The third kappa shape index (κ3) is 2.14. The molecule has 0 spiro atoms. The highest BCUT2D eigenvalue weighted by atomic mass is 35.5. The van der Waals surface area contributed by atoms with Crippen molar-refractivity contribution < 1.29 is 9.13 Å². The van der Waals surface area contributed by atoms with Crippen molar-refractivity contribution in [3.63, 3.8) is 0 Å². The van der Waals surface area contributed by atoms with Crippen molar-refractivity contribution in [1.82, 2.24) is 9.13 Å². The number of rotatable bonds is 2. The molecule has 0 bridgehead atoms. The molecule has 21 heavy (non-hydrogen) atoms. The molecule has 1 aromatic carbocycles. The number of imidazole rings is 1. The quantitative estimate of drug-likeness (QED) is 0.845. The van der Waals surface area contributed by atoms with Crippen LogP contribution in [0.3, 0.4) is 0 Å². The van der Waals surface area contributed by atoms with Crippen LogP contribution in [-0.2, 0) is 7.05 Å². The third-order valence-corrected chi connectivity index (χ3v) is 3.23. The van der Waals surface area contributed by atoms with E-state index in [1.807, 2.05) is 0 Å². The molecule has 0 aliphatic heterocycles. The lowest BCUT2D eigenvalue weighted by atomic mass is 10.2. The average Bonchev–Trinajstić information content (AvgIpc) is 2.71. The highest BCUT2D eigenvalue weighted by Crippen LogP contribution is 2.29. The van der Waals surface area contributed by atoms with Gasteiger partial charge in [0, 0.05) is 13.1 Å². The van der Waals surface area contributed by atoms with Crippen LogP contribution in [0.25, 0.3) is 5.69 Å². The van der Waals surface area contributed by atoms with E-state index < -0.39 is 11.5 Å². The Labute approximate surface area is 123 Å².